The van der Waals surface area contributed by atoms with Gasteiger partial charge in [0.2, 0.25) is 0 Å². The highest BCUT2D eigenvalue weighted by Crippen LogP contribution is 2.43. The molecule has 35 heavy (non-hydrogen) atoms. The lowest BCUT2D eigenvalue weighted by Crippen LogP contribution is -2.36. The van der Waals surface area contributed by atoms with E-state index in [1.54, 1.807) is 21.3 Å². The second kappa shape index (κ2) is 9.06. The fourth-order valence-corrected chi connectivity index (χ4v) is 5.98. The molecule has 1 fully saturated rings. The molecule has 0 aromatic heterocycles. The Bertz CT molecular complexity index is 1390. The highest BCUT2D eigenvalue weighted by molar-refractivity contribution is 6.12. The Kier molecular flexibility index (Phi) is 5.75. The third-order valence-electron chi connectivity index (χ3n) is 7.78. The molecule has 5 nitrogen and oxygen atoms in total. The standard InChI is InChI=1S/C30H32N2O3/c1-33-22-9-10-23-25(14-22)27-16-30(35-3)29(34-2)15-26(27)24-13-21-17-31(19-32(21)18-28(23)24)12-11-20-7-5-4-6-8-20/h4-10,14-16,21H,11-13,17-19H2,1-3H3/t21-/m0/s1. The number of methoxy groups -OCH3 is 3. The monoisotopic (exact) mass is 468 g/mol. The van der Waals surface area contributed by atoms with Crippen LogP contribution in [0.5, 0.6) is 17.2 Å². The molecule has 0 saturated carbocycles. The lowest BCUT2D eigenvalue weighted by molar-refractivity contribution is 0.205. The molecule has 4 aromatic carbocycles. The molecule has 5 heteroatoms. The van der Waals surface area contributed by atoms with Gasteiger partial charge >= 0.3 is 0 Å². The van der Waals surface area contributed by atoms with Gasteiger partial charge in [-0.1, -0.05) is 36.4 Å². The van der Waals surface area contributed by atoms with E-state index in [1.165, 1.54) is 38.2 Å². The lowest BCUT2D eigenvalue weighted by Gasteiger charge is -2.32. The van der Waals surface area contributed by atoms with Crippen LogP contribution in [0.1, 0.15) is 16.7 Å². The van der Waals surface area contributed by atoms with Gasteiger partial charge in [0.05, 0.1) is 28.0 Å². The summed E-state index contributed by atoms with van der Waals surface area (Å²) in [7, 11) is 5.14. The molecule has 0 bridgehead atoms. The SMILES string of the molecule is COc1ccc2c3c(c4cc(OC)c(OC)cc4c2c1)C[C@H]1CN(CCc2ccccc2)CN1C3. The molecule has 0 spiro atoms. The maximum atomic E-state index is 5.70. The summed E-state index contributed by atoms with van der Waals surface area (Å²) in [4.78, 5) is 5.27. The average Bonchev–Trinajstić information content (AvgIpc) is 3.32. The second-order valence-electron chi connectivity index (χ2n) is 9.68. The maximum Gasteiger partial charge on any atom is 0.161 e. The van der Waals surface area contributed by atoms with E-state index in [-0.39, 0.29) is 0 Å². The molecular weight excluding hydrogens is 436 g/mol. The first-order valence-electron chi connectivity index (χ1n) is 12.4. The van der Waals surface area contributed by atoms with Gasteiger partial charge in [0, 0.05) is 25.7 Å². The highest BCUT2D eigenvalue weighted by atomic mass is 16.5. The van der Waals surface area contributed by atoms with Crippen LogP contribution in [-0.2, 0) is 19.4 Å². The van der Waals surface area contributed by atoms with E-state index in [4.69, 9.17) is 14.2 Å². The summed E-state index contributed by atoms with van der Waals surface area (Å²) >= 11 is 0. The summed E-state index contributed by atoms with van der Waals surface area (Å²) in [5, 5.41) is 4.97. The Balaban J connectivity index is 1.40. The van der Waals surface area contributed by atoms with E-state index in [0.29, 0.717) is 6.04 Å². The Morgan fingerprint density at radius 3 is 2.26 bits per heavy atom. The Morgan fingerprint density at radius 1 is 0.771 bits per heavy atom. The highest BCUT2D eigenvalue weighted by Gasteiger charge is 2.36. The number of hydrogen-bond donors (Lipinski definition) is 0. The molecule has 0 amide bonds. The molecule has 4 aromatic rings. The molecule has 1 saturated heterocycles. The third kappa shape index (κ3) is 3.89. The van der Waals surface area contributed by atoms with Crippen molar-refractivity contribution in [2.45, 2.75) is 25.4 Å². The molecule has 2 heterocycles. The van der Waals surface area contributed by atoms with Crippen LogP contribution in [-0.4, -0.2) is 56.9 Å². The number of ether oxygens (including phenoxy) is 3. The first-order valence-corrected chi connectivity index (χ1v) is 12.4. The van der Waals surface area contributed by atoms with Gasteiger partial charge < -0.3 is 14.2 Å². The van der Waals surface area contributed by atoms with Crippen LogP contribution >= 0.6 is 0 Å². The predicted octanol–water partition coefficient (Wildman–Crippen LogP) is 5.26. The van der Waals surface area contributed by atoms with Crippen LogP contribution < -0.4 is 14.2 Å². The van der Waals surface area contributed by atoms with E-state index < -0.39 is 0 Å². The molecule has 0 unspecified atom stereocenters. The van der Waals surface area contributed by atoms with Crippen LogP contribution in [0.15, 0.2) is 60.7 Å². The number of benzene rings is 4. The Hall–Kier alpha value is -3.28. The van der Waals surface area contributed by atoms with Gasteiger partial charge in [0.25, 0.3) is 0 Å². The second-order valence-corrected chi connectivity index (χ2v) is 9.68. The van der Waals surface area contributed by atoms with Crippen LogP contribution in [0.25, 0.3) is 21.5 Å². The number of fused-ring (bicyclic) bond motifs is 7. The van der Waals surface area contributed by atoms with Crippen molar-refractivity contribution in [3.05, 3.63) is 77.4 Å². The molecule has 2 aliphatic rings. The third-order valence-corrected chi connectivity index (χ3v) is 7.78. The summed E-state index contributed by atoms with van der Waals surface area (Å²) in [6.45, 7) is 4.20. The normalized spacial score (nSPS) is 18.0. The van der Waals surface area contributed by atoms with Crippen molar-refractivity contribution >= 4 is 21.5 Å². The molecule has 6 rings (SSSR count). The van der Waals surface area contributed by atoms with Gasteiger partial charge in [0.1, 0.15) is 5.75 Å². The van der Waals surface area contributed by atoms with Crippen LogP contribution in [0, 0.1) is 0 Å². The van der Waals surface area contributed by atoms with Crippen LogP contribution in [0.4, 0.5) is 0 Å². The van der Waals surface area contributed by atoms with Crippen molar-refractivity contribution in [1.29, 1.82) is 0 Å². The van der Waals surface area contributed by atoms with Crippen molar-refractivity contribution < 1.29 is 14.2 Å². The maximum absolute atomic E-state index is 5.70. The Labute approximate surface area is 206 Å². The van der Waals surface area contributed by atoms with Gasteiger partial charge in [-0.2, -0.15) is 0 Å². The van der Waals surface area contributed by atoms with Crippen LogP contribution in [0.2, 0.25) is 0 Å². The van der Waals surface area contributed by atoms with Crippen molar-refractivity contribution in [2.24, 2.45) is 0 Å². The molecule has 0 aliphatic carbocycles. The van der Waals surface area contributed by atoms with E-state index in [1.807, 2.05) is 0 Å². The van der Waals surface area contributed by atoms with Gasteiger partial charge in [-0.3, -0.25) is 9.80 Å². The molecule has 1 atom stereocenters. The van der Waals surface area contributed by atoms with Gasteiger partial charge in [-0.15, -0.1) is 0 Å². The molecule has 0 N–H and O–H groups in total. The minimum Gasteiger partial charge on any atom is -0.497 e. The van der Waals surface area contributed by atoms with Gasteiger partial charge in [0.15, 0.2) is 11.5 Å². The Morgan fingerprint density at radius 2 is 1.51 bits per heavy atom. The average molecular weight is 469 g/mol. The van der Waals surface area contributed by atoms with E-state index in [0.717, 1.165) is 56.4 Å². The van der Waals surface area contributed by atoms with Crippen molar-refractivity contribution in [1.82, 2.24) is 9.80 Å². The largest absolute Gasteiger partial charge is 0.497 e. The minimum atomic E-state index is 0.533. The van der Waals surface area contributed by atoms with Crippen LogP contribution in [0.3, 0.4) is 0 Å². The zero-order chi connectivity index (χ0) is 23.9. The summed E-state index contributed by atoms with van der Waals surface area (Å²) in [6, 6.07) is 22.1. The van der Waals surface area contributed by atoms with E-state index >= 15 is 0 Å². The van der Waals surface area contributed by atoms with Gasteiger partial charge in [-0.05, 0) is 75.3 Å². The summed E-state index contributed by atoms with van der Waals surface area (Å²) in [5.41, 5.74) is 4.29. The fourth-order valence-electron chi connectivity index (χ4n) is 5.98. The number of nitrogens with zero attached hydrogens (tertiary/aromatic N) is 2. The first kappa shape index (κ1) is 22.2. The first-order chi connectivity index (χ1) is 17.2. The molecule has 0 radical (unpaired) electrons. The zero-order valence-electron chi connectivity index (χ0n) is 20.7. The summed E-state index contributed by atoms with van der Waals surface area (Å²) in [6.07, 6.45) is 2.14. The lowest BCUT2D eigenvalue weighted by atomic mass is 9.85. The predicted molar refractivity (Wildman–Crippen MR) is 141 cm³/mol. The summed E-state index contributed by atoms with van der Waals surface area (Å²) < 4.78 is 17.0. The molecular formula is C30H32N2O3. The molecule has 180 valence electrons. The minimum absolute atomic E-state index is 0.533. The van der Waals surface area contributed by atoms with Crippen molar-refractivity contribution in [2.75, 3.05) is 41.1 Å². The molecule has 2 aliphatic heterocycles. The van der Waals surface area contributed by atoms with Crippen molar-refractivity contribution in [3.8, 4) is 17.2 Å². The fraction of sp³-hybridized carbons (Fsp3) is 0.333. The topological polar surface area (TPSA) is 34.2 Å². The smallest absolute Gasteiger partial charge is 0.161 e. The van der Waals surface area contributed by atoms with E-state index in [9.17, 15) is 0 Å². The number of rotatable bonds is 6. The van der Waals surface area contributed by atoms with Gasteiger partial charge in [-0.25, -0.2) is 0 Å². The quantitative estimate of drug-likeness (QED) is 0.361. The summed E-state index contributed by atoms with van der Waals surface area (Å²) in [5.74, 6) is 2.41. The number of hydrogen-bond acceptors (Lipinski definition) is 5. The van der Waals surface area contributed by atoms with Crippen molar-refractivity contribution in [3.63, 3.8) is 0 Å². The zero-order valence-corrected chi connectivity index (χ0v) is 20.7. The van der Waals surface area contributed by atoms with E-state index in [2.05, 4.69) is 70.5 Å².